The minimum Gasteiger partial charge on any atom is -0.347 e. The lowest BCUT2D eigenvalue weighted by Crippen LogP contribution is -2.35. The van der Waals surface area contributed by atoms with E-state index < -0.39 is 0 Å². The fraction of sp³-hybridized carbons (Fsp3) is 0.636. The van der Waals surface area contributed by atoms with Crippen LogP contribution in [-0.2, 0) is 0 Å². The van der Waals surface area contributed by atoms with Crippen LogP contribution in [0.15, 0.2) is 12.3 Å². The molecule has 1 aliphatic heterocycles. The van der Waals surface area contributed by atoms with Crippen molar-refractivity contribution in [2.75, 3.05) is 37.5 Å². The Balaban J connectivity index is 2.00. The van der Waals surface area contributed by atoms with E-state index in [9.17, 15) is 0 Å². The van der Waals surface area contributed by atoms with Crippen LogP contribution in [0.5, 0.6) is 0 Å². The molecule has 0 aliphatic carbocycles. The first kappa shape index (κ1) is 11.1. The maximum atomic E-state index is 4.43. The molecule has 16 heavy (non-hydrogen) atoms. The van der Waals surface area contributed by atoms with Gasteiger partial charge in [0.25, 0.3) is 0 Å². The van der Waals surface area contributed by atoms with Gasteiger partial charge in [-0.05, 0) is 12.8 Å². The van der Waals surface area contributed by atoms with E-state index in [1.54, 1.807) is 6.20 Å². The Hall–Kier alpha value is -1.36. The Morgan fingerprint density at radius 3 is 2.69 bits per heavy atom. The number of aromatic nitrogens is 2. The molecule has 2 heterocycles. The van der Waals surface area contributed by atoms with Gasteiger partial charge in [-0.25, -0.2) is 9.99 Å². The molecular formula is C11H19N5. The van der Waals surface area contributed by atoms with Crippen molar-refractivity contribution in [3.8, 4) is 0 Å². The Morgan fingerprint density at radius 1 is 1.25 bits per heavy atom. The van der Waals surface area contributed by atoms with Crippen LogP contribution >= 0.6 is 0 Å². The standard InChI is InChI=1S/C11H19N5/c1-15(2)11-12-7-6-10(13-11)14-16-8-4-3-5-9-16/h6-7H,3-5,8-9H2,1-2H3,(H,12,13,14). The third kappa shape index (κ3) is 2.82. The summed E-state index contributed by atoms with van der Waals surface area (Å²) < 4.78 is 0. The summed E-state index contributed by atoms with van der Waals surface area (Å²) >= 11 is 0. The van der Waals surface area contributed by atoms with Gasteiger partial charge in [0.15, 0.2) is 0 Å². The molecule has 5 nitrogen and oxygen atoms in total. The SMILES string of the molecule is CN(C)c1nccc(NN2CCCCC2)n1. The largest absolute Gasteiger partial charge is 0.347 e. The molecule has 2 rings (SSSR count). The lowest BCUT2D eigenvalue weighted by Gasteiger charge is -2.27. The monoisotopic (exact) mass is 221 g/mol. The molecule has 1 N–H and O–H groups in total. The number of nitrogens with one attached hydrogen (secondary N) is 1. The first-order valence-corrected chi connectivity index (χ1v) is 5.78. The highest BCUT2D eigenvalue weighted by atomic mass is 15.5. The van der Waals surface area contributed by atoms with Gasteiger partial charge >= 0.3 is 0 Å². The topological polar surface area (TPSA) is 44.3 Å². The average Bonchev–Trinajstić information content (AvgIpc) is 2.30. The van der Waals surface area contributed by atoms with Gasteiger partial charge in [-0.1, -0.05) is 6.42 Å². The first-order chi connectivity index (χ1) is 7.75. The van der Waals surface area contributed by atoms with Crippen LogP contribution in [0.1, 0.15) is 19.3 Å². The molecule has 88 valence electrons. The van der Waals surface area contributed by atoms with Crippen molar-refractivity contribution in [3.63, 3.8) is 0 Å². The molecule has 0 radical (unpaired) electrons. The Labute approximate surface area is 96.5 Å². The predicted octanol–water partition coefficient (Wildman–Crippen LogP) is 1.36. The average molecular weight is 221 g/mol. The Morgan fingerprint density at radius 2 is 2.00 bits per heavy atom. The van der Waals surface area contributed by atoms with Crippen LogP contribution in [0.2, 0.25) is 0 Å². The normalized spacial score (nSPS) is 17.1. The Kier molecular flexibility index (Phi) is 3.56. The molecule has 0 bridgehead atoms. The molecule has 0 spiro atoms. The third-order valence-corrected chi connectivity index (χ3v) is 2.67. The van der Waals surface area contributed by atoms with Crippen LogP contribution < -0.4 is 10.3 Å². The number of anilines is 2. The van der Waals surface area contributed by atoms with Crippen molar-refractivity contribution in [1.82, 2.24) is 15.0 Å². The highest BCUT2D eigenvalue weighted by Crippen LogP contribution is 2.12. The van der Waals surface area contributed by atoms with Gasteiger partial charge in [-0.3, -0.25) is 0 Å². The van der Waals surface area contributed by atoms with Gasteiger partial charge in [0.1, 0.15) is 5.82 Å². The van der Waals surface area contributed by atoms with Crippen molar-refractivity contribution in [3.05, 3.63) is 12.3 Å². The van der Waals surface area contributed by atoms with Gasteiger partial charge in [0, 0.05) is 39.4 Å². The number of hydrogen-bond acceptors (Lipinski definition) is 5. The number of nitrogens with zero attached hydrogens (tertiary/aromatic N) is 4. The molecule has 0 amide bonds. The zero-order chi connectivity index (χ0) is 11.4. The van der Waals surface area contributed by atoms with Gasteiger partial charge in [0.05, 0.1) is 0 Å². The third-order valence-electron chi connectivity index (χ3n) is 2.67. The number of hydrogen-bond donors (Lipinski definition) is 1. The molecule has 5 heteroatoms. The second kappa shape index (κ2) is 5.12. The number of piperidine rings is 1. The lowest BCUT2D eigenvalue weighted by molar-refractivity contribution is 0.272. The Bertz CT molecular complexity index is 333. The summed E-state index contributed by atoms with van der Waals surface area (Å²) in [5, 5.41) is 2.23. The lowest BCUT2D eigenvalue weighted by atomic mass is 10.2. The van der Waals surface area contributed by atoms with Crippen molar-refractivity contribution in [2.24, 2.45) is 0 Å². The fourth-order valence-corrected chi connectivity index (χ4v) is 1.79. The van der Waals surface area contributed by atoms with Gasteiger partial charge < -0.3 is 10.3 Å². The fourth-order valence-electron chi connectivity index (χ4n) is 1.79. The number of hydrazine groups is 1. The van der Waals surface area contributed by atoms with Crippen LogP contribution in [0.3, 0.4) is 0 Å². The summed E-state index contributed by atoms with van der Waals surface area (Å²) in [4.78, 5) is 10.5. The van der Waals surface area contributed by atoms with E-state index in [0.717, 1.165) is 24.9 Å². The van der Waals surface area contributed by atoms with Crippen LogP contribution in [0.4, 0.5) is 11.8 Å². The van der Waals surface area contributed by atoms with Gasteiger partial charge in [0.2, 0.25) is 5.95 Å². The molecule has 1 aromatic rings. The molecule has 0 aromatic carbocycles. The van der Waals surface area contributed by atoms with Crippen molar-refractivity contribution >= 4 is 11.8 Å². The molecule has 0 saturated carbocycles. The summed E-state index contributed by atoms with van der Waals surface area (Å²) in [6.45, 7) is 2.20. The zero-order valence-corrected chi connectivity index (χ0v) is 9.98. The molecule has 0 atom stereocenters. The summed E-state index contributed by atoms with van der Waals surface area (Å²) in [5.41, 5.74) is 3.33. The molecule has 0 unspecified atom stereocenters. The van der Waals surface area contributed by atoms with Gasteiger partial charge in [-0.2, -0.15) is 4.98 Å². The zero-order valence-electron chi connectivity index (χ0n) is 9.98. The van der Waals surface area contributed by atoms with E-state index in [1.165, 1.54) is 19.3 Å². The first-order valence-electron chi connectivity index (χ1n) is 5.78. The molecular weight excluding hydrogens is 202 g/mol. The summed E-state index contributed by atoms with van der Waals surface area (Å²) in [6.07, 6.45) is 5.65. The second-order valence-electron chi connectivity index (χ2n) is 4.30. The van der Waals surface area contributed by atoms with E-state index in [4.69, 9.17) is 0 Å². The quantitative estimate of drug-likeness (QED) is 0.835. The highest BCUT2D eigenvalue weighted by molar-refractivity contribution is 5.39. The van der Waals surface area contributed by atoms with E-state index in [0.29, 0.717) is 0 Å². The van der Waals surface area contributed by atoms with Crippen molar-refractivity contribution < 1.29 is 0 Å². The second-order valence-corrected chi connectivity index (χ2v) is 4.30. The highest BCUT2D eigenvalue weighted by Gasteiger charge is 2.10. The van der Waals surface area contributed by atoms with Crippen molar-refractivity contribution in [2.45, 2.75) is 19.3 Å². The number of rotatable bonds is 3. The predicted molar refractivity (Wildman–Crippen MR) is 65.4 cm³/mol. The minimum absolute atomic E-state index is 0.738. The van der Waals surface area contributed by atoms with Gasteiger partial charge in [-0.15, -0.1) is 0 Å². The summed E-state index contributed by atoms with van der Waals surface area (Å²) in [7, 11) is 3.89. The van der Waals surface area contributed by atoms with Crippen molar-refractivity contribution in [1.29, 1.82) is 0 Å². The molecule has 1 aliphatic rings. The van der Waals surface area contributed by atoms with Crippen LogP contribution in [0.25, 0.3) is 0 Å². The van der Waals surface area contributed by atoms with E-state index in [-0.39, 0.29) is 0 Å². The summed E-state index contributed by atoms with van der Waals surface area (Å²) in [5.74, 6) is 1.61. The minimum atomic E-state index is 0.738. The van der Waals surface area contributed by atoms with Crippen LogP contribution in [0, 0.1) is 0 Å². The molecule has 1 fully saturated rings. The van der Waals surface area contributed by atoms with E-state index >= 15 is 0 Å². The maximum absolute atomic E-state index is 4.43. The van der Waals surface area contributed by atoms with E-state index in [2.05, 4.69) is 20.4 Å². The smallest absolute Gasteiger partial charge is 0.226 e. The summed E-state index contributed by atoms with van der Waals surface area (Å²) in [6, 6.07) is 1.90. The molecule has 1 aromatic heterocycles. The molecule has 1 saturated heterocycles. The maximum Gasteiger partial charge on any atom is 0.226 e. The van der Waals surface area contributed by atoms with E-state index in [1.807, 2.05) is 25.1 Å². The van der Waals surface area contributed by atoms with Crippen LogP contribution in [-0.4, -0.2) is 42.2 Å².